The van der Waals surface area contributed by atoms with Crippen molar-refractivity contribution in [3.63, 3.8) is 0 Å². The van der Waals surface area contributed by atoms with Crippen LogP contribution in [0.2, 0.25) is 0 Å². The third kappa shape index (κ3) is 5.02. The second kappa shape index (κ2) is 8.00. The highest BCUT2D eigenvalue weighted by molar-refractivity contribution is 5.94. The van der Waals surface area contributed by atoms with Crippen molar-refractivity contribution in [2.45, 2.75) is 19.9 Å². The van der Waals surface area contributed by atoms with Gasteiger partial charge in [-0.25, -0.2) is 0 Å². The SMILES string of the molecule is CC(=O)c1cccc(OCC(=O)N2CCNC(C)C2)c1.Cl. The van der Waals surface area contributed by atoms with Gasteiger partial charge >= 0.3 is 0 Å². The number of carbonyl (C=O) groups excluding carboxylic acids is 2. The van der Waals surface area contributed by atoms with Gasteiger partial charge in [0.05, 0.1) is 0 Å². The molecule has 1 aliphatic heterocycles. The van der Waals surface area contributed by atoms with Gasteiger partial charge in [-0.1, -0.05) is 12.1 Å². The molecule has 1 N–H and O–H groups in total. The van der Waals surface area contributed by atoms with E-state index in [0.29, 0.717) is 30.4 Å². The highest BCUT2D eigenvalue weighted by Gasteiger charge is 2.20. The van der Waals surface area contributed by atoms with Crippen LogP contribution < -0.4 is 10.1 Å². The summed E-state index contributed by atoms with van der Waals surface area (Å²) < 4.78 is 5.48. The van der Waals surface area contributed by atoms with Gasteiger partial charge in [0.25, 0.3) is 5.91 Å². The Morgan fingerprint density at radius 3 is 2.86 bits per heavy atom. The number of piperazine rings is 1. The van der Waals surface area contributed by atoms with Crippen LogP contribution in [0.1, 0.15) is 24.2 Å². The molecule has 1 aliphatic rings. The molecule has 116 valence electrons. The zero-order valence-electron chi connectivity index (χ0n) is 12.3. The second-order valence-corrected chi connectivity index (χ2v) is 5.07. The van der Waals surface area contributed by atoms with Crippen LogP contribution in [0.25, 0.3) is 0 Å². The number of Topliss-reactive ketones (excluding diaryl/α,β-unsaturated/α-hetero) is 1. The first-order chi connectivity index (χ1) is 9.56. The normalized spacial score (nSPS) is 17.8. The van der Waals surface area contributed by atoms with Crippen molar-refractivity contribution in [3.8, 4) is 5.75 Å². The van der Waals surface area contributed by atoms with Gasteiger partial charge in [-0.15, -0.1) is 12.4 Å². The number of ether oxygens (including phenoxy) is 1. The minimum absolute atomic E-state index is 0. The fraction of sp³-hybridized carbons (Fsp3) is 0.467. The molecule has 1 atom stereocenters. The van der Waals surface area contributed by atoms with Gasteiger partial charge in [-0.2, -0.15) is 0 Å². The summed E-state index contributed by atoms with van der Waals surface area (Å²) in [5, 5.41) is 3.29. The topological polar surface area (TPSA) is 58.6 Å². The molecule has 1 aromatic carbocycles. The van der Waals surface area contributed by atoms with Crippen LogP contribution in [0.5, 0.6) is 5.75 Å². The highest BCUT2D eigenvalue weighted by Crippen LogP contribution is 2.14. The van der Waals surface area contributed by atoms with Crippen molar-refractivity contribution in [2.24, 2.45) is 0 Å². The molecule has 0 bridgehead atoms. The number of halogens is 1. The zero-order chi connectivity index (χ0) is 14.5. The lowest BCUT2D eigenvalue weighted by atomic mass is 10.1. The van der Waals surface area contributed by atoms with E-state index in [1.54, 1.807) is 29.2 Å². The lowest BCUT2D eigenvalue weighted by Gasteiger charge is -2.31. The third-order valence-corrected chi connectivity index (χ3v) is 3.32. The average Bonchev–Trinajstić information content (AvgIpc) is 2.45. The van der Waals surface area contributed by atoms with E-state index >= 15 is 0 Å². The summed E-state index contributed by atoms with van der Waals surface area (Å²) in [5.41, 5.74) is 0.589. The van der Waals surface area contributed by atoms with Gasteiger partial charge in [-0.05, 0) is 26.0 Å². The lowest BCUT2D eigenvalue weighted by molar-refractivity contribution is -0.134. The molecule has 1 fully saturated rings. The predicted molar refractivity (Wildman–Crippen MR) is 83.2 cm³/mol. The van der Waals surface area contributed by atoms with E-state index < -0.39 is 0 Å². The smallest absolute Gasteiger partial charge is 0.260 e. The molecular formula is C15H21ClN2O3. The maximum absolute atomic E-state index is 12.0. The molecular weight excluding hydrogens is 292 g/mol. The van der Waals surface area contributed by atoms with Gasteiger partial charge in [0.1, 0.15) is 5.75 Å². The van der Waals surface area contributed by atoms with Gasteiger partial charge < -0.3 is 15.0 Å². The molecule has 1 heterocycles. The summed E-state index contributed by atoms with van der Waals surface area (Å²) in [4.78, 5) is 25.1. The molecule has 1 saturated heterocycles. The van der Waals surface area contributed by atoms with Gasteiger partial charge in [0.15, 0.2) is 12.4 Å². The standard InChI is InChI=1S/C15H20N2O3.ClH/c1-11-9-17(7-6-16-11)15(19)10-20-14-5-3-4-13(8-14)12(2)18;/h3-5,8,11,16H,6-7,9-10H2,1-2H3;1H. The Morgan fingerprint density at radius 1 is 1.43 bits per heavy atom. The summed E-state index contributed by atoms with van der Waals surface area (Å²) in [6.07, 6.45) is 0. The van der Waals surface area contributed by atoms with Gasteiger partial charge in [0, 0.05) is 31.2 Å². The van der Waals surface area contributed by atoms with Crippen molar-refractivity contribution < 1.29 is 14.3 Å². The van der Waals surface area contributed by atoms with E-state index in [0.717, 1.165) is 6.54 Å². The lowest BCUT2D eigenvalue weighted by Crippen LogP contribution is -2.52. The molecule has 0 saturated carbocycles. The summed E-state index contributed by atoms with van der Waals surface area (Å²) in [6, 6.07) is 7.21. The largest absolute Gasteiger partial charge is 0.484 e. The predicted octanol–water partition coefficient (Wildman–Crippen LogP) is 1.51. The Hall–Kier alpha value is -1.59. The Labute approximate surface area is 131 Å². The third-order valence-electron chi connectivity index (χ3n) is 3.32. The Balaban J connectivity index is 0.00000220. The summed E-state index contributed by atoms with van der Waals surface area (Å²) >= 11 is 0. The molecule has 5 nitrogen and oxygen atoms in total. The van der Waals surface area contributed by atoms with Crippen LogP contribution in [0.4, 0.5) is 0 Å². The minimum atomic E-state index is -0.0217. The fourth-order valence-corrected chi connectivity index (χ4v) is 2.20. The first-order valence-corrected chi connectivity index (χ1v) is 6.81. The van der Waals surface area contributed by atoms with Crippen LogP contribution in [-0.4, -0.2) is 48.9 Å². The minimum Gasteiger partial charge on any atom is -0.484 e. The molecule has 1 amide bonds. The molecule has 1 aromatic rings. The van der Waals surface area contributed by atoms with E-state index in [1.165, 1.54) is 6.92 Å². The molecule has 0 spiro atoms. The van der Waals surface area contributed by atoms with E-state index in [-0.39, 0.29) is 30.7 Å². The maximum Gasteiger partial charge on any atom is 0.260 e. The van der Waals surface area contributed by atoms with E-state index in [9.17, 15) is 9.59 Å². The first kappa shape index (κ1) is 17.5. The molecule has 0 radical (unpaired) electrons. The Kier molecular flexibility index (Phi) is 6.65. The van der Waals surface area contributed by atoms with Crippen molar-refractivity contribution in [2.75, 3.05) is 26.2 Å². The number of hydrogen-bond acceptors (Lipinski definition) is 4. The van der Waals surface area contributed by atoms with Crippen LogP contribution in [0, 0.1) is 0 Å². The van der Waals surface area contributed by atoms with Crippen LogP contribution in [0.15, 0.2) is 24.3 Å². The molecule has 0 aromatic heterocycles. The van der Waals surface area contributed by atoms with Gasteiger partial charge in [0.2, 0.25) is 0 Å². The van der Waals surface area contributed by atoms with Crippen LogP contribution in [-0.2, 0) is 4.79 Å². The molecule has 0 aliphatic carbocycles. The monoisotopic (exact) mass is 312 g/mol. The van der Waals surface area contributed by atoms with Crippen molar-refractivity contribution in [1.29, 1.82) is 0 Å². The first-order valence-electron chi connectivity index (χ1n) is 6.81. The van der Waals surface area contributed by atoms with Crippen molar-refractivity contribution in [1.82, 2.24) is 10.2 Å². The van der Waals surface area contributed by atoms with E-state index in [4.69, 9.17) is 4.74 Å². The van der Waals surface area contributed by atoms with Crippen molar-refractivity contribution in [3.05, 3.63) is 29.8 Å². The number of hydrogen-bond donors (Lipinski definition) is 1. The number of amides is 1. The highest BCUT2D eigenvalue weighted by atomic mass is 35.5. The number of nitrogens with zero attached hydrogens (tertiary/aromatic N) is 1. The average molecular weight is 313 g/mol. The van der Waals surface area contributed by atoms with Gasteiger partial charge in [-0.3, -0.25) is 9.59 Å². The number of nitrogens with one attached hydrogen (secondary N) is 1. The second-order valence-electron chi connectivity index (χ2n) is 5.07. The molecule has 6 heteroatoms. The molecule has 21 heavy (non-hydrogen) atoms. The van der Waals surface area contributed by atoms with Crippen LogP contribution >= 0.6 is 12.4 Å². The molecule has 1 unspecified atom stereocenters. The summed E-state index contributed by atoms with van der Waals surface area (Å²) in [5.74, 6) is 0.513. The molecule has 2 rings (SSSR count). The number of ketones is 1. The van der Waals surface area contributed by atoms with Crippen LogP contribution in [0.3, 0.4) is 0 Å². The maximum atomic E-state index is 12.0. The van der Waals surface area contributed by atoms with E-state index in [2.05, 4.69) is 12.2 Å². The number of carbonyl (C=O) groups is 2. The Bertz CT molecular complexity index is 507. The Morgan fingerprint density at radius 2 is 2.19 bits per heavy atom. The zero-order valence-corrected chi connectivity index (χ0v) is 13.1. The van der Waals surface area contributed by atoms with Crippen molar-refractivity contribution >= 4 is 24.1 Å². The number of benzene rings is 1. The fourth-order valence-electron chi connectivity index (χ4n) is 2.20. The summed E-state index contributed by atoms with van der Waals surface area (Å²) in [6.45, 7) is 5.79. The summed E-state index contributed by atoms with van der Waals surface area (Å²) in [7, 11) is 0. The van der Waals surface area contributed by atoms with E-state index in [1.807, 2.05) is 0 Å². The number of rotatable bonds is 4. The quantitative estimate of drug-likeness (QED) is 0.856.